The third kappa shape index (κ3) is 3.81. The number of fused-ring (bicyclic) bond motifs is 3. The predicted molar refractivity (Wildman–Crippen MR) is 116 cm³/mol. The lowest BCUT2D eigenvalue weighted by molar-refractivity contribution is -0.128. The van der Waals surface area contributed by atoms with E-state index >= 15 is 0 Å². The van der Waals surface area contributed by atoms with Crippen molar-refractivity contribution in [3.63, 3.8) is 0 Å². The van der Waals surface area contributed by atoms with Crippen molar-refractivity contribution in [2.75, 3.05) is 13.7 Å². The van der Waals surface area contributed by atoms with Crippen molar-refractivity contribution in [1.29, 1.82) is 0 Å². The second-order valence-electron chi connectivity index (χ2n) is 8.89. The zero-order valence-corrected chi connectivity index (χ0v) is 17.7. The Morgan fingerprint density at radius 1 is 1.10 bits per heavy atom. The monoisotopic (exact) mass is 420 g/mol. The van der Waals surface area contributed by atoms with Crippen molar-refractivity contribution in [1.82, 2.24) is 10.6 Å². The quantitative estimate of drug-likeness (QED) is 0.795. The average molecular weight is 421 g/mol. The fraction of sp³-hybridized carbons (Fsp3) is 0.440. The molecule has 4 atom stereocenters. The number of benzene rings is 2. The molecule has 2 aliphatic heterocycles. The van der Waals surface area contributed by atoms with Crippen molar-refractivity contribution in [2.45, 2.75) is 43.7 Å². The third-order valence-electron chi connectivity index (χ3n) is 6.97. The standard InChI is InChI=1S/C25H28N2O4/c1-30-14-15-12-23(28)27-20-13-16(10-11-17(15)20)26-25(29)24-18-6-2-4-8-21(18)31-22-9-5-3-7-19(22)24/h2-9,15-17,20,24H,10-14H2,1H3,(H,26,29)(H,27,28). The molecule has 0 spiro atoms. The molecule has 162 valence electrons. The second kappa shape index (κ2) is 8.35. The number of hydrogen-bond acceptors (Lipinski definition) is 4. The predicted octanol–water partition coefficient (Wildman–Crippen LogP) is 3.36. The summed E-state index contributed by atoms with van der Waals surface area (Å²) in [5.41, 5.74) is 1.78. The van der Waals surface area contributed by atoms with Gasteiger partial charge in [0.05, 0.1) is 5.92 Å². The molecule has 6 nitrogen and oxygen atoms in total. The van der Waals surface area contributed by atoms with E-state index in [1.807, 2.05) is 48.5 Å². The molecule has 2 N–H and O–H groups in total. The van der Waals surface area contributed by atoms with E-state index in [9.17, 15) is 9.59 Å². The van der Waals surface area contributed by atoms with E-state index in [4.69, 9.17) is 9.47 Å². The molecule has 2 aromatic rings. The molecule has 31 heavy (non-hydrogen) atoms. The van der Waals surface area contributed by atoms with Crippen LogP contribution in [0.5, 0.6) is 11.5 Å². The van der Waals surface area contributed by atoms with Gasteiger partial charge in [0.15, 0.2) is 0 Å². The van der Waals surface area contributed by atoms with Gasteiger partial charge in [-0.3, -0.25) is 9.59 Å². The second-order valence-corrected chi connectivity index (χ2v) is 8.89. The van der Waals surface area contributed by atoms with E-state index < -0.39 is 5.92 Å². The first-order valence-electron chi connectivity index (χ1n) is 11.1. The molecule has 1 saturated carbocycles. The maximum absolute atomic E-state index is 13.5. The van der Waals surface area contributed by atoms with E-state index in [0.717, 1.165) is 41.9 Å². The smallest absolute Gasteiger partial charge is 0.232 e. The number of carbonyl (C=O) groups excluding carboxylic acids is 2. The summed E-state index contributed by atoms with van der Waals surface area (Å²) in [6.07, 6.45) is 3.18. The number of rotatable bonds is 4. The van der Waals surface area contributed by atoms with Gasteiger partial charge in [-0.1, -0.05) is 36.4 Å². The van der Waals surface area contributed by atoms with Crippen LogP contribution in [0.15, 0.2) is 48.5 Å². The average Bonchev–Trinajstić information content (AvgIpc) is 2.77. The molecule has 1 aliphatic carbocycles. The van der Waals surface area contributed by atoms with Crippen LogP contribution in [-0.4, -0.2) is 37.6 Å². The Morgan fingerprint density at radius 3 is 2.45 bits per heavy atom. The highest BCUT2D eigenvalue weighted by Gasteiger charge is 2.42. The molecule has 0 aromatic heterocycles. The zero-order valence-electron chi connectivity index (χ0n) is 17.7. The molecule has 4 unspecified atom stereocenters. The number of piperidine rings is 1. The Bertz CT molecular complexity index is 945. The van der Waals surface area contributed by atoms with Crippen molar-refractivity contribution < 1.29 is 19.1 Å². The molecule has 2 heterocycles. The molecule has 2 aromatic carbocycles. The molecular weight excluding hydrogens is 392 g/mol. The van der Waals surface area contributed by atoms with E-state index in [2.05, 4.69) is 10.6 Å². The summed E-state index contributed by atoms with van der Waals surface area (Å²) in [7, 11) is 1.69. The summed E-state index contributed by atoms with van der Waals surface area (Å²) in [6.45, 7) is 0.612. The van der Waals surface area contributed by atoms with Crippen molar-refractivity contribution in [2.24, 2.45) is 11.8 Å². The number of ether oxygens (including phenoxy) is 2. The molecule has 3 aliphatic rings. The summed E-state index contributed by atoms with van der Waals surface area (Å²) < 4.78 is 11.4. The van der Waals surface area contributed by atoms with Crippen LogP contribution in [0, 0.1) is 11.8 Å². The van der Waals surface area contributed by atoms with Crippen LogP contribution in [0.25, 0.3) is 0 Å². The van der Waals surface area contributed by atoms with Crippen LogP contribution in [0.4, 0.5) is 0 Å². The van der Waals surface area contributed by atoms with Crippen molar-refractivity contribution in [3.8, 4) is 11.5 Å². The number of carbonyl (C=O) groups is 2. The van der Waals surface area contributed by atoms with Crippen molar-refractivity contribution >= 4 is 11.8 Å². The van der Waals surface area contributed by atoms with Gasteiger partial charge in [0.2, 0.25) is 11.8 Å². The number of para-hydroxylation sites is 2. The highest BCUT2D eigenvalue weighted by atomic mass is 16.5. The van der Waals surface area contributed by atoms with E-state index in [1.165, 1.54) is 0 Å². The fourth-order valence-electron chi connectivity index (χ4n) is 5.58. The maximum atomic E-state index is 13.5. The SMILES string of the molecule is COCC1CC(=O)NC2CC(NC(=O)C3c4ccccc4Oc4ccccc43)CCC12. The number of nitrogens with one attached hydrogen (secondary N) is 2. The molecule has 1 saturated heterocycles. The van der Waals surface area contributed by atoms with Gasteiger partial charge in [0.1, 0.15) is 11.5 Å². The first-order chi connectivity index (χ1) is 15.1. The van der Waals surface area contributed by atoms with E-state index in [1.54, 1.807) is 7.11 Å². The Hall–Kier alpha value is -2.86. The Morgan fingerprint density at radius 2 is 1.77 bits per heavy atom. The fourth-order valence-corrected chi connectivity index (χ4v) is 5.58. The molecule has 6 heteroatoms. The highest BCUT2D eigenvalue weighted by Crippen LogP contribution is 2.44. The Labute approximate surface area is 182 Å². The maximum Gasteiger partial charge on any atom is 0.232 e. The van der Waals surface area contributed by atoms with Gasteiger partial charge in [-0.2, -0.15) is 0 Å². The Kier molecular flexibility index (Phi) is 5.40. The lowest BCUT2D eigenvalue weighted by atomic mass is 9.71. The molecule has 0 radical (unpaired) electrons. The van der Waals surface area contributed by atoms with Crippen molar-refractivity contribution in [3.05, 3.63) is 59.7 Å². The summed E-state index contributed by atoms with van der Waals surface area (Å²) >= 11 is 0. The molecule has 2 amide bonds. The summed E-state index contributed by atoms with van der Waals surface area (Å²) in [4.78, 5) is 25.7. The van der Waals surface area contributed by atoms with Gasteiger partial charge in [-0.25, -0.2) is 0 Å². The van der Waals surface area contributed by atoms with E-state index in [0.29, 0.717) is 18.9 Å². The van der Waals surface area contributed by atoms with Crippen LogP contribution in [0.2, 0.25) is 0 Å². The number of methoxy groups -OCH3 is 1. The number of amides is 2. The summed E-state index contributed by atoms with van der Waals surface area (Å²) in [6, 6.07) is 15.6. The highest BCUT2D eigenvalue weighted by molar-refractivity contribution is 5.90. The van der Waals surface area contributed by atoms with Crippen LogP contribution < -0.4 is 15.4 Å². The molecular formula is C25H28N2O4. The zero-order chi connectivity index (χ0) is 21.4. The third-order valence-corrected chi connectivity index (χ3v) is 6.97. The van der Waals surface area contributed by atoms with E-state index in [-0.39, 0.29) is 29.8 Å². The van der Waals surface area contributed by atoms with Gasteiger partial charge >= 0.3 is 0 Å². The van der Waals surface area contributed by atoms with Crippen LogP contribution >= 0.6 is 0 Å². The topological polar surface area (TPSA) is 76.7 Å². The molecule has 5 rings (SSSR count). The molecule has 2 fully saturated rings. The van der Waals surface area contributed by atoms with Crippen LogP contribution in [0.3, 0.4) is 0 Å². The van der Waals surface area contributed by atoms with Gasteiger partial charge < -0.3 is 20.1 Å². The summed E-state index contributed by atoms with van der Waals surface area (Å²) in [5, 5.41) is 6.44. The van der Waals surface area contributed by atoms with Gasteiger partial charge in [-0.15, -0.1) is 0 Å². The summed E-state index contributed by atoms with van der Waals surface area (Å²) in [5.74, 6) is 1.80. The minimum Gasteiger partial charge on any atom is -0.457 e. The lowest BCUT2D eigenvalue weighted by Gasteiger charge is -2.44. The first-order valence-corrected chi connectivity index (χ1v) is 11.1. The Balaban J connectivity index is 1.34. The molecule has 0 bridgehead atoms. The normalized spacial score (nSPS) is 27.2. The largest absolute Gasteiger partial charge is 0.457 e. The van der Waals surface area contributed by atoms with Gasteiger partial charge in [-0.05, 0) is 43.2 Å². The number of hydrogen-bond donors (Lipinski definition) is 2. The van der Waals surface area contributed by atoms with Crippen LogP contribution in [-0.2, 0) is 14.3 Å². The first kappa shape index (κ1) is 20.1. The van der Waals surface area contributed by atoms with Gasteiger partial charge in [0, 0.05) is 43.3 Å². The minimum absolute atomic E-state index is 0.0118. The van der Waals surface area contributed by atoms with Gasteiger partial charge in [0.25, 0.3) is 0 Å². The lowest BCUT2D eigenvalue weighted by Crippen LogP contribution is -2.56. The minimum atomic E-state index is -0.402. The van der Waals surface area contributed by atoms with Crippen LogP contribution in [0.1, 0.15) is 42.7 Å².